The van der Waals surface area contributed by atoms with E-state index in [0.29, 0.717) is 5.92 Å². The van der Waals surface area contributed by atoms with Crippen LogP contribution in [-0.2, 0) is 10.0 Å². The van der Waals surface area contributed by atoms with Crippen molar-refractivity contribution in [3.8, 4) is 0 Å². The van der Waals surface area contributed by atoms with Crippen molar-refractivity contribution in [1.29, 1.82) is 0 Å². The molecular formula is C12H14ClFN2O3S. The highest BCUT2D eigenvalue weighted by molar-refractivity contribution is 7.89. The Hall–Kier alpha value is -1.18. The highest BCUT2D eigenvalue weighted by Crippen LogP contribution is 2.28. The fourth-order valence-corrected chi connectivity index (χ4v) is 3.05. The molecule has 110 valence electrons. The molecule has 2 rings (SSSR count). The second-order valence-corrected chi connectivity index (χ2v) is 6.99. The first-order valence-electron chi connectivity index (χ1n) is 6.01. The highest BCUT2D eigenvalue weighted by atomic mass is 35.5. The Morgan fingerprint density at radius 1 is 1.45 bits per heavy atom. The van der Waals surface area contributed by atoms with Crippen LogP contribution >= 0.6 is 11.6 Å². The lowest BCUT2D eigenvalue weighted by atomic mass is 9.82. The van der Waals surface area contributed by atoms with Gasteiger partial charge in [-0.1, -0.05) is 18.5 Å². The maximum atomic E-state index is 13.5. The standard InChI is InChI=1S/C12H14ClFN2O3S/c1-6-2-7(3-6)16-12(17)8-4-11(20(15,18)19)10(14)5-9(8)13/h4-7H,2-3H2,1H3,(H,16,17)(H2,15,18,19). The summed E-state index contributed by atoms with van der Waals surface area (Å²) in [5, 5.41) is 7.46. The third-order valence-electron chi connectivity index (χ3n) is 3.28. The minimum absolute atomic E-state index is 0.0385. The summed E-state index contributed by atoms with van der Waals surface area (Å²) in [5.41, 5.74) is -0.100. The monoisotopic (exact) mass is 320 g/mol. The van der Waals surface area contributed by atoms with Gasteiger partial charge in [0.15, 0.2) is 0 Å². The fourth-order valence-electron chi connectivity index (χ4n) is 2.20. The Kier molecular flexibility index (Phi) is 4.04. The van der Waals surface area contributed by atoms with Crippen molar-refractivity contribution in [3.63, 3.8) is 0 Å². The number of nitrogens with two attached hydrogens (primary N) is 1. The molecule has 0 unspecified atom stereocenters. The van der Waals surface area contributed by atoms with E-state index in [1.165, 1.54) is 0 Å². The van der Waals surface area contributed by atoms with Gasteiger partial charge in [0.25, 0.3) is 5.91 Å². The summed E-state index contributed by atoms with van der Waals surface area (Å²) < 4.78 is 36.0. The average molecular weight is 321 g/mol. The zero-order valence-corrected chi connectivity index (χ0v) is 12.3. The Balaban J connectivity index is 2.29. The summed E-state index contributed by atoms with van der Waals surface area (Å²) in [4.78, 5) is 11.3. The normalized spacial score (nSPS) is 22.2. The molecule has 0 radical (unpaired) electrons. The predicted molar refractivity (Wildman–Crippen MR) is 72.4 cm³/mol. The van der Waals surface area contributed by atoms with Gasteiger partial charge in [-0.25, -0.2) is 17.9 Å². The zero-order chi connectivity index (χ0) is 15.1. The van der Waals surface area contributed by atoms with E-state index in [1.807, 2.05) is 0 Å². The Morgan fingerprint density at radius 3 is 2.55 bits per heavy atom. The summed E-state index contributed by atoms with van der Waals surface area (Å²) in [5.74, 6) is -1.06. The molecular weight excluding hydrogens is 307 g/mol. The van der Waals surface area contributed by atoms with E-state index in [4.69, 9.17) is 16.7 Å². The third kappa shape index (κ3) is 3.11. The number of carbonyl (C=O) groups is 1. The number of carbonyl (C=O) groups excluding carboxylic acids is 1. The van der Waals surface area contributed by atoms with Gasteiger partial charge < -0.3 is 5.32 Å². The molecule has 1 aliphatic rings. The van der Waals surface area contributed by atoms with Gasteiger partial charge >= 0.3 is 0 Å². The van der Waals surface area contributed by atoms with Gasteiger partial charge in [0.05, 0.1) is 10.6 Å². The van der Waals surface area contributed by atoms with Crippen LogP contribution in [0.2, 0.25) is 5.02 Å². The van der Waals surface area contributed by atoms with Gasteiger partial charge in [-0.05, 0) is 30.9 Å². The number of primary sulfonamides is 1. The van der Waals surface area contributed by atoms with E-state index < -0.39 is 26.6 Å². The third-order valence-corrected chi connectivity index (χ3v) is 4.52. The summed E-state index contributed by atoms with van der Waals surface area (Å²) in [7, 11) is -4.25. The predicted octanol–water partition coefficient (Wildman–Crippen LogP) is 1.65. The second kappa shape index (κ2) is 5.31. The summed E-state index contributed by atoms with van der Waals surface area (Å²) in [6.07, 6.45) is 1.71. The van der Waals surface area contributed by atoms with Crippen LogP contribution in [0, 0.1) is 11.7 Å². The highest BCUT2D eigenvalue weighted by Gasteiger charge is 2.28. The molecule has 20 heavy (non-hydrogen) atoms. The quantitative estimate of drug-likeness (QED) is 0.887. The van der Waals surface area contributed by atoms with E-state index in [-0.39, 0.29) is 16.6 Å². The Bertz CT molecular complexity index is 657. The number of halogens is 2. The molecule has 0 saturated heterocycles. The summed E-state index contributed by atoms with van der Waals surface area (Å²) in [6.45, 7) is 2.06. The average Bonchev–Trinajstić information content (AvgIpc) is 2.24. The van der Waals surface area contributed by atoms with Gasteiger partial charge in [0.1, 0.15) is 10.7 Å². The lowest BCUT2D eigenvalue weighted by molar-refractivity contribution is 0.0896. The molecule has 1 aliphatic carbocycles. The number of hydrogen-bond donors (Lipinski definition) is 2. The van der Waals surface area contributed by atoms with Crippen molar-refractivity contribution in [1.82, 2.24) is 5.32 Å². The van der Waals surface area contributed by atoms with Gasteiger partial charge in [0, 0.05) is 6.04 Å². The Morgan fingerprint density at radius 2 is 2.05 bits per heavy atom. The van der Waals surface area contributed by atoms with Crippen LogP contribution in [0.25, 0.3) is 0 Å². The lowest BCUT2D eigenvalue weighted by Gasteiger charge is -2.33. The van der Waals surface area contributed by atoms with Crippen molar-refractivity contribution >= 4 is 27.5 Å². The molecule has 0 heterocycles. The topological polar surface area (TPSA) is 89.3 Å². The van der Waals surface area contributed by atoms with Crippen molar-refractivity contribution in [3.05, 3.63) is 28.5 Å². The SMILES string of the molecule is CC1CC(NC(=O)c2cc(S(N)(=O)=O)c(F)cc2Cl)C1. The van der Waals surface area contributed by atoms with E-state index in [1.54, 1.807) is 0 Å². The number of rotatable bonds is 3. The molecule has 1 saturated carbocycles. The first-order valence-corrected chi connectivity index (χ1v) is 7.93. The van der Waals surface area contributed by atoms with Gasteiger partial charge in [-0.3, -0.25) is 4.79 Å². The molecule has 5 nitrogen and oxygen atoms in total. The first kappa shape index (κ1) is 15.2. The van der Waals surface area contributed by atoms with Gasteiger partial charge in [-0.15, -0.1) is 0 Å². The molecule has 0 bridgehead atoms. The van der Waals surface area contributed by atoms with E-state index >= 15 is 0 Å². The number of benzene rings is 1. The lowest BCUT2D eigenvalue weighted by Crippen LogP contribution is -2.43. The van der Waals surface area contributed by atoms with Crippen LogP contribution in [-0.4, -0.2) is 20.4 Å². The molecule has 3 N–H and O–H groups in total. The van der Waals surface area contributed by atoms with Crippen LogP contribution in [0.4, 0.5) is 4.39 Å². The maximum Gasteiger partial charge on any atom is 0.253 e. The summed E-state index contributed by atoms with van der Waals surface area (Å²) in [6, 6.07) is 1.68. The largest absolute Gasteiger partial charge is 0.349 e. The number of sulfonamides is 1. The van der Waals surface area contributed by atoms with Crippen molar-refractivity contribution in [2.75, 3.05) is 0 Å². The molecule has 1 fully saturated rings. The zero-order valence-electron chi connectivity index (χ0n) is 10.7. The molecule has 0 aromatic heterocycles. The van der Waals surface area contributed by atoms with E-state index in [9.17, 15) is 17.6 Å². The molecule has 1 aromatic carbocycles. The fraction of sp³-hybridized carbons (Fsp3) is 0.417. The smallest absolute Gasteiger partial charge is 0.253 e. The van der Waals surface area contributed by atoms with E-state index in [2.05, 4.69) is 12.2 Å². The number of nitrogens with one attached hydrogen (secondary N) is 1. The van der Waals surface area contributed by atoms with Crippen LogP contribution in [0.1, 0.15) is 30.1 Å². The van der Waals surface area contributed by atoms with Crippen LogP contribution < -0.4 is 10.5 Å². The van der Waals surface area contributed by atoms with Crippen molar-refractivity contribution in [2.45, 2.75) is 30.7 Å². The van der Waals surface area contributed by atoms with Crippen LogP contribution in [0.15, 0.2) is 17.0 Å². The van der Waals surface area contributed by atoms with Crippen molar-refractivity contribution in [2.24, 2.45) is 11.1 Å². The number of hydrogen-bond acceptors (Lipinski definition) is 3. The van der Waals surface area contributed by atoms with Gasteiger partial charge in [-0.2, -0.15) is 0 Å². The minimum Gasteiger partial charge on any atom is -0.349 e. The van der Waals surface area contributed by atoms with E-state index in [0.717, 1.165) is 25.0 Å². The minimum atomic E-state index is -4.25. The molecule has 0 spiro atoms. The van der Waals surface area contributed by atoms with Gasteiger partial charge in [0.2, 0.25) is 10.0 Å². The Labute approximate surface area is 121 Å². The molecule has 1 amide bonds. The molecule has 1 aromatic rings. The first-order chi connectivity index (χ1) is 9.18. The van der Waals surface area contributed by atoms with Crippen molar-refractivity contribution < 1.29 is 17.6 Å². The van der Waals surface area contributed by atoms with Crippen LogP contribution in [0.3, 0.4) is 0 Å². The molecule has 0 atom stereocenters. The second-order valence-electron chi connectivity index (χ2n) is 5.05. The molecule has 8 heteroatoms. The molecule has 0 aliphatic heterocycles. The number of amides is 1. The maximum absolute atomic E-state index is 13.5. The van der Waals surface area contributed by atoms with Crippen LogP contribution in [0.5, 0.6) is 0 Å². The summed E-state index contributed by atoms with van der Waals surface area (Å²) >= 11 is 5.78.